The summed E-state index contributed by atoms with van der Waals surface area (Å²) in [6.45, 7) is 2.03. The van der Waals surface area contributed by atoms with Crippen LogP contribution >= 0.6 is 0 Å². The zero-order valence-electron chi connectivity index (χ0n) is 15.5. The predicted octanol–water partition coefficient (Wildman–Crippen LogP) is 2.96. The molecular weight excluding hydrogens is 340 g/mol. The Morgan fingerprint density at radius 1 is 1.04 bits per heavy atom. The number of benzene rings is 2. The molecule has 5 nitrogen and oxygen atoms in total. The highest BCUT2D eigenvalue weighted by Crippen LogP contribution is 2.41. The van der Waals surface area contributed by atoms with Crippen LogP contribution in [0, 0.1) is 6.92 Å². The maximum Gasteiger partial charge on any atom is 0.279 e. The molecule has 1 fully saturated rings. The Bertz CT molecular complexity index is 846. The van der Waals surface area contributed by atoms with E-state index >= 15 is 0 Å². The van der Waals surface area contributed by atoms with E-state index in [1.165, 1.54) is 0 Å². The summed E-state index contributed by atoms with van der Waals surface area (Å²) in [5.41, 5.74) is 7.85. The van der Waals surface area contributed by atoms with Crippen LogP contribution in [-0.2, 0) is 21.4 Å². The van der Waals surface area contributed by atoms with Gasteiger partial charge < -0.3 is 4.74 Å². The van der Waals surface area contributed by atoms with Crippen molar-refractivity contribution in [1.82, 2.24) is 10.9 Å². The fraction of sp³-hybridized carbons (Fsp3) is 0.364. The van der Waals surface area contributed by atoms with E-state index in [0.717, 1.165) is 48.1 Å². The van der Waals surface area contributed by atoms with Gasteiger partial charge in [0.1, 0.15) is 5.75 Å². The molecule has 0 aromatic heterocycles. The minimum Gasteiger partial charge on any atom is -0.480 e. The van der Waals surface area contributed by atoms with E-state index in [0.29, 0.717) is 6.42 Å². The third-order valence-electron chi connectivity index (χ3n) is 5.70. The second-order valence-electron chi connectivity index (χ2n) is 7.52. The number of para-hydroxylation sites is 1. The number of aryl methyl sites for hydroxylation is 1. The van der Waals surface area contributed by atoms with Gasteiger partial charge in [-0.2, -0.15) is 0 Å². The number of hydrogen-bond donors (Lipinski definition) is 2. The second kappa shape index (κ2) is 7.06. The van der Waals surface area contributed by atoms with E-state index in [-0.39, 0.29) is 11.8 Å². The first-order valence-corrected chi connectivity index (χ1v) is 9.50. The Kier molecular flexibility index (Phi) is 4.60. The highest BCUT2D eigenvalue weighted by Gasteiger charge is 2.43. The van der Waals surface area contributed by atoms with Gasteiger partial charge in [-0.1, -0.05) is 60.9 Å². The fourth-order valence-electron chi connectivity index (χ4n) is 4.21. The zero-order valence-corrected chi connectivity index (χ0v) is 15.5. The lowest BCUT2D eigenvalue weighted by atomic mass is 9.77. The van der Waals surface area contributed by atoms with Crippen molar-refractivity contribution in [1.29, 1.82) is 0 Å². The van der Waals surface area contributed by atoms with Crippen molar-refractivity contribution in [3.8, 4) is 5.75 Å². The molecule has 1 aliphatic heterocycles. The molecule has 2 amide bonds. The number of hydrogen-bond acceptors (Lipinski definition) is 3. The first-order chi connectivity index (χ1) is 13.1. The quantitative estimate of drug-likeness (QED) is 0.823. The molecule has 0 saturated heterocycles. The minimum atomic E-state index is -0.610. The monoisotopic (exact) mass is 364 g/mol. The molecule has 0 radical (unpaired) electrons. The zero-order chi connectivity index (χ0) is 18.9. The molecule has 4 rings (SSSR count). The van der Waals surface area contributed by atoms with Crippen molar-refractivity contribution in [2.45, 2.75) is 50.5 Å². The van der Waals surface area contributed by atoms with E-state index in [1.807, 2.05) is 49.4 Å². The van der Waals surface area contributed by atoms with Gasteiger partial charge in [0.05, 0.1) is 5.41 Å². The molecule has 2 N–H and O–H groups in total. The van der Waals surface area contributed by atoms with E-state index in [1.54, 1.807) is 0 Å². The van der Waals surface area contributed by atoms with Gasteiger partial charge in [-0.05, 0) is 37.0 Å². The summed E-state index contributed by atoms with van der Waals surface area (Å²) in [7, 11) is 0. The lowest BCUT2D eigenvalue weighted by Crippen LogP contribution is -2.53. The number of nitrogens with one attached hydrogen (secondary N) is 2. The van der Waals surface area contributed by atoms with E-state index in [2.05, 4.69) is 16.9 Å². The van der Waals surface area contributed by atoms with Crippen molar-refractivity contribution in [2.75, 3.05) is 0 Å². The molecule has 1 unspecified atom stereocenters. The minimum absolute atomic E-state index is 0.144. The van der Waals surface area contributed by atoms with Crippen molar-refractivity contribution in [3.05, 3.63) is 65.2 Å². The SMILES string of the molecule is Cc1cccc(C2(C(=O)NNC(=O)C3Cc4ccccc4O3)CCCC2)c1. The predicted molar refractivity (Wildman–Crippen MR) is 102 cm³/mol. The van der Waals surface area contributed by atoms with E-state index < -0.39 is 11.5 Å². The fourth-order valence-corrected chi connectivity index (χ4v) is 4.21. The van der Waals surface area contributed by atoms with Gasteiger partial charge >= 0.3 is 0 Å². The molecule has 1 aliphatic carbocycles. The van der Waals surface area contributed by atoms with Crippen LogP contribution in [0.25, 0.3) is 0 Å². The third kappa shape index (κ3) is 3.29. The van der Waals surface area contributed by atoms with Crippen molar-refractivity contribution >= 4 is 11.8 Å². The summed E-state index contributed by atoms with van der Waals surface area (Å²) >= 11 is 0. The standard InChI is InChI=1S/C22H24N2O3/c1-15-7-6-9-17(13-15)22(11-4-5-12-22)21(26)24-23-20(25)19-14-16-8-2-3-10-18(16)27-19/h2-3,6-10,13,19H,4-5,11-12,14H2,1H3,(H,23,25)(H,24,26). The summed E-state index contributed by atoms with van der Waals surface area (Å²) in [4.78, 5) is 25.5. The molecule has 5 heteroatoms. The summed E-state index contributed by atoms with van der Waals surface area (Å²) in [6, 6.07) is 15.7. The Labute approximate surface area is 159 Å². The average Bonchev–Trinajstić information content (AvgIpc) is 3.33. The molecule has 1 atom stereocenters. The number of amides is 2. The molecule has 2 aromatic rings. The lowest BCUT2D eigenvalue weighted by molar-refractivity contribution is -0.135. The highest BCUT2D eigenvalue weighted by molar-refractivity contribution is 5.91. The van der Waals surface area contributed by atoms with Gasteiger partial charge in [-0.3, -0.25) is 20.4 Å². The van der Waals surface area contributed by atoms with E-state index in [9.17, 15) is 9.59 Å². The van der Waals surface area contributed by atoms with Crippen LogP contribution in [0.5, 0.6) is 5.75 Å². The number of fused-ring (bicyclic) bond motifs is 1. The third-order valence-corrected chi connectivity index (χ3v) is 5.70. The number of carbonyl (C=O) groups excluding carboxylic acids is 2. The van der Waals surface area contributed by atoms with E-state index in [4.69, 9.17) is 4.74 Å². The second-order valence-corrected chi connectivity index (χ2v) is 7.52. The normalized spacial score (nSPS) is 19.8. The van der Waals surface area contributed by atoms with Gasteiger partial charge in [-0.15, -0.1) is 0 Å². The molecule has 27 heavy (non-hydrogen) atoms. The molecule has 1 saturated carbocycles. The van der Waals surface area contributed by atoms with Crippen LogP contribution in [0.2, 0.25) is 0 Å². The van der Waals surface area contributed by atoms with Crippen LogP contribution in [0.4, 0.5) is 0 Å². The molecule has 2 aromatic carbocycles. The Morgan fingerprint density at radius 2 is 1.81 bits per heavy atom. The molecule has 140 valence electrons. The summed E-state index contributed by atoms with van der Waals surface area (Å²) in [5, 5.41) is 0. The topological polar surface area (TPSA) is 67.4 Å². The Morgan fingerprint density at radius 3 is 2.56 bits per heavy atom. The number of rotatable bonds is 3. The molecule has 2 aliphatic rings. The van der Waals surface area contributed by atoms with Crippen LogP contribution in [-0.4, -0.2) is 17.9 Å². The Hall–Kier alpha value is -2.82. The first kappa shape index (κ1) is 17.6. The molecule has 1 heterocycles. The van der Waals surface area contributed by atoms with Gasteiger partial charge in [-0.25, -0.2) is 0 Å². The van der Waals surface area contributed by atoms with Crippen LogP contribution in [0.1, 0.15) is 42.4 Å². The number of carbonyl (C=O) groups is 2. The first-order valence-electron chi connectivity index (χ1n) is 9.50. The lowest BCUT2D eigenvalue weighted by Gasteiger charge is -2.29. The molecule has 0 bridgehead atoms. The maximum absolute atomic E-state index is 13.0. The number of hydrazine groups is 1. The molecule has 0 spiro atoms. The smallest absolute Gasteiger partial charge is 0.279 e. The van der Waals surface area contributed by atoms with Crippen molar-refractivity contribution < 1.29 is 14.3 Å². The average molecular weight is 364 g/mol. The largest absolute Gasteiger partial charge is 0.480 e. The summed E-state index contributed by atoms with van der Waals surface area (Å²) < 4.78 is 5.69. The molecular formula is C22H24N2O3. The highest BCUT2D eigenvalue weighted by atomic mass is 16.5. The van der Waals surface area contributed by atoms with Crippen molar-refractivity contribution in [2.24, 2.45) is 0 Å². The van der Waals surface area contributed by atoms with Gasteiger partial charge in [0.2, 0.25) is 5.91 Å². The van der Waals surface area contributed by atoms with Gasteiger partial charge in [0.25, 0.3) is 5.91 Å². The van der Waals surface area contributed by atoms with Gasteiger partial charge in [0, 0.05) is 6.42 Å². The Balaban J connectivity index is 1.43. The maximum atomic E-state index is 13.0. The van der Waals surface area contributed by atoms with Crippen molar-refractivity contribution in [3.63, 3.8) is 0 Å². The number of ether oxygens (including phenoxy) is 1. The summed E-state index contributed by atoms with van der Waals surface area (Å²) in [6.07, 6.45) is 3.52. The van der Waals surface area contributed by atoms with Crippen LogP contribution < -0.4 is 15.6 Å². The summed E-state index contributed by atoms with van der Waals surface area (Å²) in [5.74, 6) is 0.266. The van der Waals surface area contributed by atoms with Gasteiger partial charge in [0.15, 0.2) is 6.10 Å². The van der Waals surface area contributed by atoms with Crippen LogP contribution in [0.15, 0.2) is 48.5 Å². The van der Waals surface area contributed by atoms with Crippen LogP contribution in [0.3, 0.4) is 0 Å².